The SMILES string of the molecule is CC1CCCCCC1NC1CCC(C(C)(C)C)CC1. The van der Waals surface area contributed by atoms with E-state index in [0.717, 1.165) is 23.9 Å². The zero-order valence-corrected chi connectivity index (χ0v) is 13.7. The van der Waals surface area contributed by atoms with Gasteiger partial charge in [0, 0.05) is 12.1 Å². The van der Waals surface area contributed by atoms with Crippen LogP contribution in [0.1, 0.15) is 85.5 Å². The van der Waals surface area contributed by atoms with E-state index in [2.05, 4.69) is 33.0 Å². The highest BCUT2D eigenvalue weighted by atomic mass is 15.0. The van der Waals surface area contributed by atoms with Crippen molar-refractivity contribution in [3.63, 3.8) is 0 Å². The summed E-state index contributed by atoms with van der Waals surface area (Å²) in [6.07, 6.45) is 12.9. The quantitative estimate of drug-likeness (QED) is 0.681. The van der Waals surface area contributed by atoms with E-state index in [0.29, 0.717) is 5.41 Å². The first-order valence-corrected chi connectivity index (χ1v) is 8.73. The first kappa shape index (κ1) is 15.4. The molecule has 0 bridgehead atoms. The molecular weight excluding hydrogens is 230 g/mol. The van der Waals surface area contributed by atoms with Gasteiger partial charge in [0.25, 0.3) is 0 Å². The Morgan fingerprint density at radius 1 is 0.789 bits per heavy atom. The third kappa shape index (κ3) is 4.48. The molecule has 0 aromatic rings. The van der Waals surface area contributed by atoms with Crippen LogP contribution in [0.5, 0.6) is 0 Å². The Kier molecular flexibility index (Phi) is 5.34. The summed E-state index contributed by atoms with van der Waals surface area (Å²) in [5.41, 5.74) is 0.514. The zero-order chi connectivity index (χ0) is 13.9. The first-order chi connectivity index (χ1) is 8.97. The Morgan fingerprint density at radius 3 is 2.05 bits per heavy atom. The molecular formula is C18H35N. The summed E-state index contributed by atoms with van der Waals surface area (Å²) in [5, 5.41) is 4.02. The molecule has 2 atom stereocenters. The molecule has 1 N–H and O–H groups in total. The second-order valence-electron chi connectivity index (χ2n) is 8.30. The number of rotatable bonds is 2. The topological polar surface area (TPSA) is 12.0 Å². The van der Waals surface area contributed by atoms with Gasteiger partial charge in [0.05, 0.1) is 0 Å². The normalized spacial score (nSPS) is 37.9. The van der Waals surface area contributed by atoms with Gasteiger partial charge in [-0.2, -0.15) is 0 Å². The lowest BCUT2D eigenvalue weighted by atomic mass is 9.71. The smallest absolute Gasteiger partial charge is 0.00952 e. The number of hydrogen-bond donors (Lipinski definition) is 1. The van der Waals surface area contributed by atoms with E-state index >= 15 is 0 Å². The van der Waals surface area contributed by atoms with E-state index in [9.17, 15) is 0 Å². The Balaban J connectivity index is 1.78. The molecule has 0 aliphatic heterocycles. The maximum atomic E-state index is 4.02. The average Bonchev–Trinajstić information content (AvgIpc) is 2.55. The molecule has 0 aromatic carbocycles. The van der Waals surface area contributed by atoms with Crippen LogP contribution in [0.2, 0.25) is 0 Å². The van der Waals surface area contributed by atoms with Gasteiger partial charge in [0.1, 0.15) is 0 Å². The fourth-order valence-electron chi connectivity index (χ4n) is 4.17. The predicted molar refractivity (Wildman–Crippen MR) is 84.4 cm³/mol. The molecule has 2 aliphatic carbocycles. The summed E-state index contributed by atoms with van der Waals surface area (Å²) < 4.78 is 0. The average molecular weight is 265 g/mol. The van der Waals surface area contributed by atoms with Gasteiger partial charge in [0.15, 0.2) is 0 Å². The lowest BCUT2D eigenvalue weighted by Gasteiger charge is -2.39. The molecule has 19 heavy (non-hydrogen) atoms. The molecule has 1 heteroatoms. The monoisotopic (exact) mass is 265 g/mol. The van der Waals surface area contributed by atoms with Crippen molar-refractivity contribution in [3.05, 3.63) is 0 Å². The third-order valence-electron chi connectivity index (χ3n) is 5.76. The van der Waals surface area contributed by atoms with E-state index in [1.807, 2.05) is 0 Å². The summed E-state index contributed by atoms with van der Waals surface area (Å²) in [4.78, 5) is 0. The summed E-state index contributed by atoms with van der Waals surface area (Å²) in [7, 11) is 0. The molecule has 2 saturated carbocycles. The maximum absolute atomic E-state index is 4.02. The van der Waals surface area contributed by atoms with Crippen molar-refractivity contribution in [2.24, 2.45) is 17.3 Å². The minimum atomic E-state index is 0.514. The van der Waals surface area contributed by atoms with E-state index < -0.39 is 0 Å². The van der Waals surface area contributed by atoms with Gasteiger partial charge in [-0.25, -0.2) is 0 Å². The van der Waals surface area contributed by atoms with Crippen LogP contribution in [-0.4, -0.2) is 12.1 Å². The molecule has 0 aromatic heterocycles. The second kappa shape index (κ2) is 6.61. The predicted octanol–water partition coefficient (Wildman–Crippen LogP) is 5.15. The minimum absolute atomic E-state index is 0.514. The molecule has 0 amide bonds. The fraction of sp³-hybridized carbons (Fsp3) is 1.00. The number of hydrogen-bond acceptors (Lipinski definition) is 1. The molecule has 2 unspecified atom stereocenters. The summed E-state index contributed by atoms with van der Waals surface area (Å²) in [6.45, 7) is 9.71. The molecule has 0 radical (unpaired) electrons. The van der Waals surface area contributed by atoms with Gasteiger partial charge in [-0.05, 0) is 55.8 Å². The second-order valence-corrected chi connectivity index (χ2v) is 8.30. The van der Waals surface area contributed by atoms with Crippen molar-refractivity contribution in [1.82, 2.24) is 5.32 Å². The third-order valence-corrected chi connectivity index (χ3v) is 5.76. The molecule has 0 saturated heterocycles. The lowest BCUT2D eigenvalue weighted by Crippen LogP contribution is -2.44. The summed E-state index contributed by atoms with van der Waals surface area (Å²) in [6, 6.07) is 1.61. The highest BCUT2D eigenvalue weighted by molar-refractivity contribution is 4.86. The highest BCUT2D eigenvalue weighted by Gasteiger charge is 2.31. The van der Waals surface area contributed by atoms with Crippen molar-refractivity contribution in [3.8, 4) is 0 Å². The zero-order valence-electron chi connectivity index (χ0n) is 13.7. The lowest BCUT2D eigenvalue weighted by molar-refractivity contribution is 0.150. The summed E-state index contributed by atoms with van der Waals surface area (Å²) >= 11 is 0. The molecule has 0 spiro atoms. The van der Waals surface area contributed by atoms with E-state index in [1.54, 1.807) is 0 Å². The summed E-state index contributed by atoms with van der Waals surface area (Å²) in [5.74, 6) is 1.83. The van der Waals surface area contributed by atoms with Crippen molar-refractivity contribution >= 4 is 0 Å². The Hall–Kier alpha value is -0.0400. The van der Waals surface area contributed by atoms with Gasteiger partial charge >= 0.3 is 0 Å². The molecule has 2 aliphatic rings. The van der Waals surface area contributed by atoms with Crippen LogP contribution in [0.3, 0.4) is 0 Å². The highest BCUT2D eigenvalue weighted by Crippen LogP contribution is 2.38. The molecule has 2 rings (SSSR count). The number of nitrogens with one attached hydrogen (secondary N) is 1. The van der Waals surface area contributed by atoms with Crippen LogP contribution in [0.25, 0.3) is 0 Å². The molecule has 0 heterocycles. The minimum Gasteiger partial charge on any atom is -0.311 e. The van der Waals surface area contributed by atoms with Gasteiger partial charge in [0.2, 0.25) is 0 Å². The molecule has 112 valence electrons. The molecule has 2 fully saturated rings. The van der Waals surface area contributed by atoms with E-state index in [1.165, 1.54) is 57.8 Å². The van der Waals surface area contributed by atoms with Crippen LogP contribution in [0.15, 0.2) is 0 Å². The molecule has 1 nitrogen and oxygen atoms in total. The largest absolute Gasteiger partial charge is 0.311 e. The van der Waals surface area contributed by atoms with E-state index in [4.69, 9.17) is 0 Å². The van der Waals surface area contributed by atoms with Gasteiger partial charge in [-0.3, -0.25) is 0 Å². The van der Waals surface area contributed by atoms with Crippen LogP contribution >= 0.6 is 0 Å². The van der Waals surface area contributed by atoms with Crippen molar-refractivity contribution in [2.75, 3.05) is 0 Å². The standard InChI is InChI=1S/C18H35N/c1-14-8-6-5-7-9-17(14)19-16-12-10-15(11-13-16)18(2,3)4/h14-17,19H,5-13H2,1-4H3. The maximum Gasteiger partial charge on any atom is 0.00952 e. The fourth-order valence-corrected chi connectivity index (χ4v) is 4.17. The first-order valence-electron chi connectivity index (χ1n) is 8.73. The van der Waals surface area contributed by atoms with Crippen molar-refractivity contribution < 1.29 is 0 Å². The van der Waals surface area contributed by atoms with Gasteiger partial charge in [-0.15, -0.1) is 0 Å². The van der Waals surface area contributed by atoms with Crippen molar-refractivity contribution in [2.45, 2.75) is 97.6 Å². The van der Waals surface area contributed by atoms with Gasteiger partial charge in [-0.1, -0.05) is 47.0 Å². The van der Waals surface area contributed by atoms with Crippen LogP contribution in [0.4, 0.5) is 0 Å². The van der Waals surface area contributed by atoms with Crippen LogP contribution < -0.4 is 5.32 Å². The van der Waals surface area contributed by atoms with Crippen molar-refractivity contribution in [1.29, 1.82) is 0 Å². The van der Waals surface area contributed by atoms with Crippen LogP contribution in [-0.2, 0) is 0 Å². The Morgan fingerprint density at radius 2 is 1.42 bits per heavy atom. The van der Waals surface area contributed by atoms with Gasteiger partial charge < -0.3 is 5.32 Å². The Bertz CT molecular complexity index is 257. The Labute approximate surface area is 120 Å². The van der Waals surface area contributed by atoms with E-state index in [-0.39, 0.29) is 0 Å². The van der Waals surface area contributed by atoms with Crippen LogP contribution in [0, 0.1) is 17.3 Å².